The normalized spacial score (nSPS) is 26.2. The first-order chi connectivity index (χ1) is 5.86. The molecule has 0 saturated carbocycles. The quantitative estimate of drug-likeness (QED) is 0.597. The smallest absolute Gasteiger partial charge is 0.0287 e. The fourth-order valence-corrected chi connectivity index (χ4v) is 1.53. The molecule has 0 aliphatic carbocycles. The lowest BCUT2D eigenvalue weighted by Gasteiger charge is -2.25. The molecule has 0 fully saturated rings. The zero-order valence-electron chi connectivity index (χ0n) is 7.88. The van der Waals surface area contributed by atoms with Crippen LogP contribution < -0.4 is 17.7 Å². The number of nitrogens with one attached hydrogen (secondary N) is 1. The van der Waals surface area contributed by atoms with Crippen LogP contribution in [0, 0.1) is 0 Å². The molecule has 1 aliphatic rings. The predicted molar refractivity (Wildman–Crippen MR) is 54.1 cm³/mol. The molecule has 2 heteroatoms. The van der Waals surface area contributed by atoms with E-state index in [9.17, 15) is 0 Å². The molecule has 0 aromatic rings. The first kappa shape index (κ1) is 12.5. The molecule has 1 aliphatic heterocycles. The van der Waals surface area contributed by atoms with E-state index in [4.69, 9.17) is 0 Å². The summed E-state index contributed by atoms with van der Waals surface area (Å²) in [5.41, 5.74) is 0. The van der Waals surface area contributed by atoms with Crippen molar-refractivity contribution in [3.05, 3.63) is 37.5 Å². The predicted octanol–water partition coefficient (Wildman–Crippen LogP) is -0.571. The third-order valence-electron chi connectivity index (χ3n) is 2.11. The molecule has 0 bridgehead atoms. The van der Waals surface area contributed by atoms with Crippen molar-refractivity contribution in [1.82, 2.24) is 5.32 Å². The second kappa shape index (κ2) is 6.93. The summed E-state index contributed by atoms with van der Waals surface area (Å²) >= 11 is 0. The van der Waals surface area contributed by atoms with E-state index in [0.717, 1.165) is 19.3 Å². The Kier molecular flexibility index (Phi) is 6.65. The molecule has 2 atom stereocenters. The van der Waals surface area contributed by atoms with E-state index >= 15 is 0 Å². The van der Waals surface area contributed by atoms with Gasteiger partial charge in [0.05, 0.1) is 0 Å². The number of rotatable bonds is 4. The SMILES string of the molecule is C=CC[C@H]1CC=C[C@H](CC=C)N1.[Cl-]. The van der Waals surface area contributed by atoms with E-state index in [-0.39, 0.29) is 12.4 Å². The highest BCUT2D eigenvalue weighted by molar-refractivity contribution is 5.04. The Balaban J connectivity index is 0.00000144. The lowest BCUT2D eigenvalue weighted by molar-refractivity contribution is -0.00000269. The van der Waals surface area contributed by atoms with Crippen molar-refractivity contribution in [2.75, 3.05) is 0 Å². The Morgan fingerprint density at radius 1 is 1.31 bits per heavy atom. The minimum absolute atomic E-state index is 0. The van der Waals surface area contributed by atoms with Crippen LogP contribution in [0.1, 0.15) is 19.3 Å². The summed E-state index contributed by atoms with van der Waals surface area (Å²) in [6.07, 6.45) is 11.6. The highest BCUT2D eigenvalue weighted by Gasteiger charge is 2.13. The second-order valence-electron chi connectivity index (χ2n) is 3.18. The fourth-order valence-electron chi connectivity index (χ4n) is 1.53. The van der Waals surface area contributed by atoms with Gasteiger partial charge in [0, 0.05) is 12.1 Å². The summed E-state index contributed by atoms with van der Waals surface area (Å²) in [7, 11) is 0. The molecule has 1 rings (SSSR count). The van der Waals surface area contributed by atoms with Crippen molar-refractivity contribution in [2.45, 2.75) is 31.3 Å². The van der Waals surface area contributed by atoms with Gasteiger partial charge in [-0.05, 0) is 19.3 Å². The molecule has 0 saturated heterocycles. The molecule has 13 heavy (non-hydrogen) atoms. The highest BCUT2D eigenvalue weighted by atomic mass is 35.5. The fraction of sp³-hybridized carbons (Fsp3) is 0.455. The maximum atomic E-state index is 3.74. The largest absolute Gasteiger partial charge is 1.00 e. The first-order valence-corrected chi connectivity index (χ1v) is 4.51. The Hall–Kier alpha value is -0.530. The van der Waals surface area contributed by atoms with Gasteiger partial charge < -0.3 is 17.7 Å². The summed E-state index contributed by atoms with van der Waals surface area (Å²) in [5, 5.41) is 3.53. The van der Waals surface area contributed by atoms with Gasteiger partial charge in [-0.3, -0.25) is 0 Å². The zero-order valence-corrected chi connectivity index (χ0v) is 8.63. The molecule has 0 aromatic heterocycles. The van der Waals surface area contributed by atoms with Crippen LogP contribution >= 0.6 is 0 Å². The maximum Gasteiger partial charge on any atom is 0.0287 e. The molecule has 0 amide bonds. The molecule has 0 unspecified atom stereocenters. The van der Waals surface area contributed by atoms with Crippen LogP contribution in [0.4, 0.5) is 0 Å². The van der Waals surface area contributed by atoms with Crippen LogP contribution in [0.3, 0.4) is 0 Å². The Bertz CT molecular complexity index is 187. The van der Waals surface area contributed by atoms with Gasteiger partial charge in [0.1, 0.15) is 0 Å². The lowest BCUT2D eigenvalue weighted by Crippen LogP contribution is -3.00. The van der Waals surface area contributed by atoms with Crippen molar-refractivity contribution in [2.24, 2.45) is 0 Å². The van der Waals surface area contributed by atoms with Crippen molar-refractivity contribution in [3.8, 4) is 0 Å². The molecule has 1 heterocycles. The minimum atomic E-state index is 0. The summed E-state index contributed by atoms with van der Waals surface area (Å²) < 4.78 is 0. The molecule has 0 radical (unpaired) electrons. The van der Waals surface area contributed by atoms with Gasteiger partial charge in [0.25, 0.3) is 0 Å². The van der Waals surface area contributed by atoms with Crippen LogP contribution in [0.5, 0.6) is 0 Å². The minimum Gasteiger partial charge on any atom is -1.00 e. The lowest BCUT2D eigenvalue weighted by atomic mass is 10.0. The van der Waals surface area contributed by atoms with Crippen molar-refractivity contribution in [3.63, 3.8) is 0 Å². The van der Waals surface area contributed by atoms with Gasteiger partial charge >= 0.3 is 0 Å². The van der Waals surface area contributed by atoms with E-state index in [0.29, 0.717) is 12.1 Å². The molecule has 0 spiro atoms. The van der Waals surface area contributed by atoms with E-state index in [1.807, 2.05) is 12.2 Å². The zero-order chi connectivity index (χ0) is 8.81. The van der Waals surface area contributed by atoms with Crippen LogP contribution in [0.15, 0.2) is 37.5 Å². The monoisotopic (exact) mass is 198 g/mol. The average Bonchev–Trinajstić information content (AvgIpc) is 2.06. The third kappa shape index (κ3) is 4.30. The number of halogens is 1. The van der Waals surface area contributed by atoms with Crippen molar-refractivity contribution in [1.29, 1.82) is 0 Å². The molecule has 1 N–H and O–H groups in total. The molecular formula is C11H17ClN-. The van der Waals surface area contributed by atoms with E-state index in [1.54, 1.807) is 0 Å². The van der Waals surface area contributed by atoms with Gasteiger partial charge in [-0.25, -0.2) is 0 Å². The Morgan fingerprint density at radius 2 is 2.00 bits per heavy atom. The van der Waals surface area contributed by atoms with E-state index in [1.165, 1.54) is 0 Å². The van der Waals surface area contributed by atoms with Gasteiger partial charge in [-0.2, -0.15) is 0 Å². The van der Waals surface area contributed by atoms with Gasteiger partial charge in [-0.1, -0.05) is 24.3 Å². The van der Waals surface area contributed by atoms with Gasteiger partial charge in [0.15, 0.2) is 0 Å². The summed E-state index contributed by atoms with van der Waals surface area (Å²) in [6, 6.07) is 1.07. The molecular weight excluding hydrogens is 182 g/mol. The topological polar surface area (TPSA) is 12.0 Å². The number of hydrogen-bond donors (Lipinski definition) is 1. The van der Waals surface area contributed by atoms with Crippen LogP contribution in [0.25, 0.3) is 0 Å². The maximum absolute atomic E-state index is 3.74. The van der Waals surface area contributed by atoms with Crippen LogP contribution in [0.2, 0.25) is 0 Å². The Morgan fingerprint density at radius 3 is 2.62 bits per heavy atom. The van der Waals surface area contributed by atoms with E-state index in [2.05, 4.69) is 30.6 Å². The molecule has 74 valence electrons. The van der Waals surface area contributed by atoms with Gasteiger partial charge in [0.2, 0.25) is 0 Å². The summed E-state index contributed by atoms with van der Waals surface area (Å²) in [5.74, 6) is 0. The number of hydrogen-bond acceptors (Lipinski definition) is 1. The molecule has 1 nitrogen and oxygen atoms in total. The Labute approximate surface area is 87.0 Å². The van der Waals surface area contributed by atoms with Crippen LogP contribution in [-0.4, -0.2) is 12.1 Å². The van der Waals surface area contributed by atoms with Crippen LogP contribution in [-0.2, 0) is 0 Å². The summed E-state index contributed by atoms with van der Waals surface area (Å²) in [4.78, 5) is 0. The standard InChI is InChI=1S/C11H17N.ClH/c1-3-6-10-8-5-9-11(12-10)7-4-2;/h3-5,8,10-12H,1-2,6-7,9H2;1H/p-1/t10-,11-;/m0./s1. The average molecular weight is 199 g/mol. The highest BCUT2D eigenvalue weighted by Crippen LogP contribution is 2.10. The molecule has 0 aromatic carbocycles. The summed E-state index contributed by atoms with van der Waals surface area (Å²) in [6.45, 7) is 7.47. The van der Waals surface area contributed by atoms with Crippen molar-refractivity contribution < 1.29 is 12.4 Å². The van der Waals surface area contributed by atoms with Gasteiger partial charge in [-0.15, -0.1) is 13.2 Å². The van der Waals surface area contributed by atoms with Crippen molar-refractivity contribution >= 4 is 0 Å². The first-order valence-electron chi connectivity index (χ1n) is 4.51. The second-order valence-corrected chi connectivity index (χ2v) is 3.18. The van der Waals surface area contributed by atoms with E-state index < -0.39 is 0 Å². The third-order valence-corrected chi connectivity index (χ3v) is 2.11.